The quantitative estimate of drug-likeness (QED) is 0.829. The summed E-state index contributed by atoms with van der Waals surface area (Å²) < 4.78 is 0.847. The zero-order valence-corrected chi connectivity index (χ0v) is 14.0. The summed E-state index contributed by atoms with van der Waals surface area (Å²) in [6, 6.07) is 10.2. The molecule has 22 heavy (non-hydrogen) atoms. The molecule has 3 rings (SSSR count). The van der Waals surface area contributed by atoms with Crippen molar-refractivity contribution in [3.63, 3.8) is 0 Å². The summed E-state index contributed by atoms with van der Waals surface area (Å²) in [6.07, 6.45) is 0. The van der Waals surface area contributed by atoms with Crippen molar-refractivity contribution < 1.29 is 14.7 Å². The van der Waals surface area contributed by atoms with E-state index < -0.39 is 17.7 Å². The standard InChI is InChI=1S/C16H12BrNO3S/c1-18-13(9-4-2-5-10(17)8-9)12(15(20)16(18)21)14(19)11-6-3-7-22-11/h2-8,13,20H,1H3. The normalized spacial score (nSPS) is 18.2. The molecule has 112 valence electrons. The Morgan fingerprint density at radius 2 is 2.09 bits per heavy atom. The van der Waals surface area contributed by atoms with E-state index in [0.29, 0.717) is 4.88 Å². The Morgan fingerprint density at radius 3 is 2.73 bits per heavy atom. The van der Waals surface area contributed by atoms with Crippen molar-refractivity contribution in [2.45, 2.75) is 6.04 Å². The molecule has 0 saturated carbocycles. The molecule has 1 amide bonds. The Bertz CT molecular complexity index is 782. The molecular weight excluding hydrogens is 366 g/mol. The molecule has 1 unspecified atom stereocenters. The van der Waals surface area contributed by atoms with Gasteiger partial charge in [0.25, 0.3) is 5.91 Å². The van der Waals surface area contributed by atoms with Gasteiger partial charge in [0.1, 0.15) is 0 Å². The highest BCUT2D eigenvalue weighted by Gasteiger charge is 2.42. The highest BCUT2D eigenvalue weighted by Crippen LogP contribution is 2.38. The highest BCUT2D eigenvalue weighted by atomic mass is 79.9. The number of halogens is 1. The molecule has 2 aromatic rings. The van der Waals surface area contributed by atoms with Crippen LogP contribution in [-0.4, -0.2) is 28.7 Å². The zero-order chi connectivity index (χ0) is 15.9. The van der Waals surface area contributed by atoms with Crippen LogP contribution in [-0.2, 0) is 4.79 Å². The number of nitrogens with zero attached hydrogens (tertiary/aromatic N) is 1. The van der Waals surface area contributed by atoms with E-state index in [0.717, 1.165) is 10.0 Å². The summed E-state index contributed by atoms with van der Waals surface area (Å²) in [6.45, 7) is 0. The van der Waals surface area contributed by atoms with Gasteiger partial charge in [0, 0.05) is 11.5 Å². The minimum atomic E-state index is -0.584. The van der Waals surface area contributed by atoms with E-state index in [1.807, 2.05) is 24.3 Å². The predicted molar refractivity (Wildman–Crippen MR) is 88.0 cm³/mol. The van der Waals surface area contributed by atoms with Crippen LogP contribution in [0.2, 0.25) is 0 Å². The summed E-state index contributed by atoms with van der Waals surface area (Å²) in [5.41, 5.74) is 0.905. The van der Waals surface area contributed by atoms with E-state index in [1.165, 1.54) is 16.2 Å². The monoisotopic (exact) mass is 377 g/mol. The first kappa shape index (κ1) is 15.0. The molecule has 0 saturated heterocycles. The number of benzene rings is 1. The van der Waals surface area contributed by atoms with E-state index in [4.69, 9.17) is 0 Å². The minimum Gasteiger partial charge on any atom is -0.503 e. The minimum absolute atomic E-state index is 0.132. The number of carbonyl (C=O) groups is 2. The Kier molecular flexibility index (Phi) is 3.88. The van der Waals surface area contributed by atoms with E-state index in [1.54, 1.807) is 24.6 Å². The number of rotatable bonds is 3. The first-order valence-electron chi connectivity index (χ1n) is 6.54. The molecule has 4 nitrogen and oxygen atoms in total. The van der Waals surface area contributed by atoms with Crippen LogP contribution in [0, 0.1) is 0 Å². The second-order valence-electron chi connectivity index (χ2n) is 4.94. The first-order chi connectivity index (χ1) is 10.5. The van der Waals surface area contributed by atoms with Crippen molar-refractivity contribution >= 4 is 39.0 Å². The van der Waals surface area contributed by atoms with Crippen molar-refractivity contribution in [2.75, 3.05) is 7.05 Å². The molecule has 0 bridgehead atoms. The fourth-order valence-corrected chi connectivity index (χ4v) is 3.66. The fraction of sp³-hybridized carbons (Fsp3) is 0.125. The van der Waals surface area contributed by atoms with Crippen LogP contribution in [0.3, 0.4) is 0 Å². The lowest BCUT2D eigenvalue weighted by Gasteiger charge is -2.22. The molecule has 0 spiro atoms. The highest BCUT2D eigenvalue weighted by molar-refractivity contribution is 9.10. The second-order valence-corrected chi connectivity index (χ2v) is 6.81. The average Bonchev–Trinajstić information content (AvgIpc) is 3.10. The maximum atomic E-state index is 12.7. The number of ketones is 1. The Hall–Kier alpha value is -1.92. The number of hydrogen-bond acceptors (Lipinski definition) is 4. The summed E-state index contributed by atoms with van der Waals surface area (Å²) in [4.78, 5) is 26.7. The maximum Gasteiger partial charge on any atom is 0.289 e. The molecule has 0 aliphatic carbocycles. The van der Waals surface area contributed by atoms with Crippen molar-refractivity contribution in [2.24, 2.45) is 0 Å². The average molecular weight is 378 g/mol. The van der Waals surface area contributed by atoms with Gasteiger partial charge in [-0.15, -0.1) is 11.3 Å². The summed E-state index contributed by atoms with van der Waals surface area (Å²) in [5, 5.41) is 11.9. The Morgan fingerprint density at radius 1 is 1.32 bits per heavy atom. The van der Waals surface area contributed by atoms with Gasteiger partial charge in [-0.25, -0.2) is 0 Å². The van der Waals surface area contributed by atoms with Gasteiger partial charge in [0.05, 0.1) is 16.5 Å². The third-order valence-corrected chi connectivity index (χ3v) is 4.95. The molecule has 0 radical (unpaired) electrons. The third kappa shape index (κ3) is 2.38. The van der Waals surface area contributed by atoms with Crippen molar-refractivity contribution in [1.29, 1.82) is 0 Å². The third-order valence-electron chi connectivity index (χ3n) is 3.59. The van der Waals surface area contributed by atoms with Gasteiger partial charge in [-0.3, -0.25) is 9.59 Å². The van der Waals surface area contributed by atoms with Crippen molar-refractivity contribution in [1.82, 2.24) is 4.90 Å². The lowest BCUT2D eigenvalue weighted by atomic mass is 9.96. The molecular formula is C16H12BrNO3S. The van der Waals surface area contributed by atoms with Crippen LogP contribution in [0.1, 0.15) is 21.3 Å². The molecule has 1 aliphatic rings. The second kappa shape index (κ2) is 5.70. The van der Waals surface area contributed by atoms with Gasteiger partial charge in [0.2, 0.25) is 5.78 Å². The number of carbonyl (C=O) groups excluding carboxylic acids is 2. The molecule has 1 aliphatic heterocycles. The Labute approximate surface area is 139 Å². The van der Waals surface area contributed by atoms with E-state index in [9.17, 15) is 14.7 Å². The van der Waals surface area contributed by atoms with Crippen molar-refractivity contribution in [3.8, 4) is 0 Å². The smallest absolute Gasteiger partial charge is 0.289 e. The largest absolute Gasteiger partial charge is 0.503 e. The molecule has 1 N–H and O–H groups in total. The number of aliphatic hydroxyl groups is 1. The maximum absolute atomic E-state index is 12.7. The van der Waals surface area contributed by atoms with Crippen LogP contribution in [0.15, 0.2) is 57.6 Å². The molecule has 6 heteroatoms. The number of likely N-dealkylation sites (N-methyl/N-ethyl adjacent to an activating group) is 1. The predicted octanol–water partition coefficient (Wildman–Crippen LogP) is 3.72. The summed E-state index contributed by atoms with van der Waals surface area (Å²) in [5.74, 6) is -1.31. The molecule has 0 fully saturated rings. The molecule has 1 atom stereocenters. The molecule has 2 heterocycles. The number of Topliss-reactive ketones (excluding diaryl/α,β-unsaturated/α-hetero) is 1. The van der Waals surface area contributed by atoms with Crippen LogP contribution in [0.4, 0.5) is 0 Å². The zero-order valence-electron chi connectivity index (χ0n) is 11.6. The fourth-order valence-electron chi connectivity index (χ4n) is 2.56. The molecule has 1 aromatic carbocycles. The van der Waals surface area contributed by atoms with Crippen molar-refractivity contribution in [3.05, 3.63) is 68.0 Å². The van der Waals surface area contributed by atoms with E-state index >= 15 is 0 Å². The number of hydrogen-bond donors (Lipinski definition) is 1. The van der Waals surface area contributed by atoms with Gasteiger partial charge in [0.15, 0.2) is 5.76 Å². The van der Waals surface area contributed by atoms with E-state index in [2.05, 4.69) is 15.9 Å². The van der Waals surface area contributed by atoms with Gasteiger partial charge >= 0.3 is 0 Å². The lowest BCUT2D eigenvalue weighted by Crippen LogP contribution is -2.26. The lowest BCUT2D eigenvalue weighted by molar-refractivity contribution is -0.128. The number of thiophene rings is 1. The van der Waals surface area contributed by atoms with Gasteiger partial charge < -0.3 is 10.0 Å². The first-order valence-corrected chi connectivity index (χ1v) is 8.22. The van der Waals surface area contributed by atoms with E-state index in [-0.39, 0.29) is 11.4 Å². The van der Waals surface area contributed by atoms with Crippen LogP contribution in [0.25, 0.3) is 0 Å². The van der Waals surface area contributed by atoms with Crippen LogP contribution >= 0.6 is 27.3 Å². The molecule has 1 aromatic heterocycles. The topological polar surface area (TPSA) is 57.6 Å². The number of aliphatic hydroxyl groups excluding tert-OH is 1. The van der Waals surface area contributed by atoms with Gasteiger partial charge in [-0.2, -0.15) is 0 Å². The summed E-state index contributed by atoms with van der Waals surface area (Å²) in [7, 11) is 1.58. The Balaban J connectivity index is 2.11. The van der Waals surface area contributed by atoms with Crippen LogP contribution < -0.4 is 0 Å². The van der Waals surface area contributed by atoms with Gasteiger partial charge in [-0.05, 0) is 29.1 Å². The van der Waals surface area contributed by atoms with Crippen LogP contribution in [0.5, 0.6) is 0 Å². The summed E-state index contributed by atoms with van der Waals surface area (Å²) >= 11 is 4.68. The van der Waals surface area contributed by atoms with Gasteiger partial charge in [-0.1, -0.05) is 34.1 Å². The number of amides is 1. The SMILES string of the molecule is CN1C(=O)C(O)=C(C(=O)c2cccs2)C1c1cccc(Br)c1.